The molecule has 34 heavy (non-hydrogen) atoms. The lowest BCUT2D eigenvalue weighted by Crippen LogP contribution is -2.15. The van der Waals surface area contributed by atoms with Crippen LogP contribution in [0.25, 0.3) is 0 Å². The van der Waals surface area contributed by atoms with Crippen molar-refractivity contribution in [1.29, 1.82) is 0 Å². The first kappa shape index (κ1) is 23.8. The third-order valence-corrected chi connectivity index (χ3v) is 6.09. The van der Waals surface area contributed by atoms with Gasteiger partial charge in [0.1, 0.15) is 0 Å². The van der Waals surface area contributed by atoms with Crippen molar-refractivity contribution in [3.63, 3.8) is 0 Å². The number of ether oxygens (including phenoxy) is 7. The number of carbonyl (C=O) groups is 2. The number of methoxy groups -OCH3 is 3. The summed E-state index contributed by atoms with van der Waals surface area (Å²) in [5, 5.41) is 0. The van der Waals surface area contributed by atoms with E-state index in [4.69, 9.17) is 33.2 Å². The Balaban J connectivity index is 1.59. The van der Waals surface area contributed by atoms with E-state index in [0.717, 1.165) is 11.1 Å². The highest BCUT2D eigenvalue weighted by molar-refractivity contribution is 5.72. The molecule has 0 amide bonds. The smallest absolute Gasteiger partial charge is 0.308 e. The molecule has 0 radical (unpaired) electrons. The van der Waals surface area contributed by atoms with Crippen LogP contribution in [-0.2, 0) is 19.1 Å². The lowest BCUT2D eigenvalue weighted by molar-refractivity contribution is -0.133. The second-order valence-corrected chi connectivity index (χ2v) is 8.19. The minimum Gasteiger partial charge on any atom is -0.493 e. The Bertz CT molecular complexity index is 1060. The zero-order chi connectivity index (χ0) is 24.4. The van der Waals surface area contributed by atoms with E-state index in [9.17, 15) is 9.59 Å². The molecule has 0 N–H and O–H groups in total. The number of hydrogen-bond donors (Lipinski definition) is 0. The van der Waals surface area contributed by atoms with Gasteiger partial charge in [-0.05, 0) is 35.4 Å². The Morgan fingerprint density at radius 3 is 1.71 bits per heavy atom. The first-order valence-corrected chi connectivity index (χ1v) is 10.9. The molecule has 0 spiro atoms. The summed E-state index contributed by atoms with van der Waals surface area (Å²) in [7, 11) is 4.54. The molecule has 4 rings (SSSR count). The standard InChI is InChI=1S/C25H28O9/c1-13(26)33-19-7-6-15(8-20(19)28-3)23-17-11-32-24(18(17)12-31-23)16-9-21(29-4)25(34-14(2)27)22(10-16)30-5/h6-10,17-18,23-24H,11-12H2,1-5H3/t17-,18-,23+,24+/m0/s1. The molecular weight excluding hydrogens is 444 g/mol. The molecule has 9 nitrogen and oxygen atoms in total. The lowest BCUT2D eigenvalue weighted by atomic mass is 9.84. The fourth-order valence-corrected chi connectivity index (χ4v) is 4.64. The Morgan fingerprint density at radius 2 is 1.21 bits per heavy atom. The molecule has 2 aliphatic heterocycles. The molecule has 0 aromatic heterocycles. The number of hydrogen-bond acceptors (Lipinski definition) is 9. The zero-order valence-electron chi connectivity index (χ0n) is 19.8. The molecule has 2 fully saturated rings. The van der Waals surface area contributed by atoms with Gasteiger partial charge in [0.2, 0.25) is 5.75 Å². The van der Waals surface area contributed by atoms with E-state index in [-0.39, 0.29) is 29.8 Å². The molecule has 9 heteroatoms. The van der Waals surface area contributed by atoms with Crippen molar-refractivity contribution in [2.75, 3.05) is 34.5 Å². The van der Waals surface area contributed by atoms with E-state index in [1.54, 1.807) is 18.2 Å². The average molecular weight is 472 g/mol. The van der Waals surface area contributed by atoms with Crippen molar-refractivity contribution in [2.45, 2.75) is 26.1 Å². The molecule has 2 saturated heterocycles. The van der Waals surface area contributed by atoms with Crippen LogP contribution in [-0.4, -0.2) is 46.5 Å². The highest BCUT2D eigenvalue weighted by atomic mass is 16.6. The van der Waals surface area contributed by atoms with Gasteiger partial charge in [-0.2, -0.15) is 0 Å². The molecule has 0 unspecified atom stereocenters. The number of rotatable bonds is 7. The normalized spacial score (nSPS) is 23.2. The van der Waals surface area contributed by atoms with E-state index >= 15 is 0 Å². The van der Waals surface area contributed by atoms with Crippen molar-refractivity contribution in [2.24, 2.45) is 11.8 Å². The van der Waals surface area contributed by atoms with E-state index in [1.165, 1.54) is 35.2 Å². The van der Waals surface area contributed by atoms with Gasteiger partial charge in [-0.25, -0.2) is 0 Å². The predicted octanol–water partition coefficient (Wildman–Crippen LogP) is 3.64. The van der Waals surface area contributed by atoms with Crippen LogP contribution in [0.1, 0.15) is 37.2 Å². The van der Waals surface area contributed by atoms with Crippen LogP contribution in [0.3, 0.4) is 0 Å². The maximum absolute atomic E-state index is 11.5. The van der Waals surface area contributed by atoms with Crippen molar-refractivity contribution >= 4 is 11.9 Å². The minimum atomic E-state index is -0.469. The summed E-state index contributed by atoms with van der Waals surface area (Å²) in [6.45, 7) is 3.67. The Hall–Kier alpha value is -3.30. The summed E-state index contributed by atoms with van der Waals surface area (Å²) < 4.78 is 39.2. The number of fused-ring (bicyclic) bond motifs is 1. The molecule has 182 valence electrons. The van der Waals surface area contributed by atoms with Crippen molar-refractivity contribution < 1.29 is 42.7 Å². The van der Waals surface area contributed by atoms with Crippen LogP contribution in [0.2, 0.25) is 0 Å². The van der Waals surface area contributed by atoms with E-state index < -0.39 is 11.9 Å². The van der Waals surface area contributed by atoms with Gasteiger partial charge in [-0.1, -0.05) is 6.07 Å². The van der Waals surface area contributed by atoms with Gasteiger partial charge in [-0.3, -0.25) is 9.59 Å². The van der Waals surface area contributed by atoms with E-state index in [2.05, 4.69) is 0 Å². The maximum Gasteiger partial charge on any atom is 0.308 e. The highest BCUT2D eigenvalue weighted by Crippen LogP contribution is 2.52. The molecule has 2 aromatic carbocycles. The monoisotopic (exact) mass is 472 g/mol. The summed E-state index contributed by atoms with van der Waals surface area (Å²) in [6.07, 6.45) is -0.439. The van der Waals surface area contributed by atoms with Crippen LogP contribution in [0.15, 0.2) is 30.3 Å². The second kappa shape index (κ2) is 9.90. The van der Waals surface area contributed by atoms with Gasteiger partial charge in [0.25, 0.3) is 0 Å². The van der Waals surface area contributed by atoms with Crippen LogP contribution in [0.5, 0.6) is 28.7 Å². The van der Waals surface area contributed by atoms with Gasteiger partial charge in [-0.15, -0.1) is 0 Å². The zero-order valence-corrected chi connectivity index (χ0v) is 19.8. The van der Waals surface area contributed by atoms with E-state index in [0.29, 0.717) is 36.2 Å². The lowest BCUT2D eigenvalue weighted by Gasteiger charge is -2.20. The largest absolute Gasteiger partial charge is 0.493 e. The molecule has 2 aromatic rings. The highest BCUT2D eigenvalue weighted by Gasteiger charge is 2.48. The summed E-state index contributed by atoms with van der Waals surface area (Å²) in [5.41, 5.74) is 1.77. The fourth-order valence-electron chi connectivity index (χ4n) is 4.64. The summed E-state index contributed by atoms with van der Waals surface area (Å²) in [6, 6.07) is 9.03. The molecule has 0 aliphatic carbocycles. The van der Waals surface area contributed by atoms with Gasteiger partial charge < -0.3 is 33.2 Å². The predicted molar refractivity (Wildman–Crippen MR) is 120 cm³/mol. The summed E-state index contributed by atoms with van der Waals surface area (Å²) in [5.74, 6) is 1.15. The quantitative estimate of drug-likeness (QED) is 0.442. The van der Waals surface area contributed by atoms with Gasteiger partial charge in [0.05, 0.1) is 46.8 Å². The van der Waals surface area contributed by atoms with Crippen LogP contribution < -0.4 is 23.7 Å². The fraction of sp³-hybridized carbons (Fsp3) is 0.440. The molecule has 0 bridgehead atoms. The molecule has 0 saturated carbocycles. The van der Waals surface area contributed by atoms with Crippen molar-refractivity contribution in [1.82, 2.24) is 0 Å². The number of benzene rings is 2. The van der Waals surface area contributed by atoms with Gasteiger partial charge in [0, 0.05) is 25.7 Å². The SMILES string of the molecule is COc1cc([C@H]2OC[C@H]3[C@@H]2CO[C@@H]3c2cc(OC)c(OC(C)=O)c(OC)c2)ccc1OC(C)=O. The summed E-state index contributed by atoms with van der Waals surface area (Å²) >= 11 is 0. The summed E-state index contributed by atoms with van der Waals surface area (Å²) in [4.78, 5) is 22.9. The van der Waals surface area contributed by atoms with Gasteiger partial charge in [0.15, 0.2) is 23.0 Å². The Morgan fingerprint density at radius 1 is 0.706 bits per heavy atom. The maximum atomic E-state index is 11.5. The molecular formula is C25H28O9. The molecule has 2 heterocycles. The first-order chi connectivity index (χ1) is 16.4. The Kier molecular flexibility index (Phi) is 6.95. The third kappa shape index (κ3) is 4.53. The van der Waals surface area contributed by atoms with E-state index in [1.807, 2.05) is 12.1 Å². The Labute approximate surface area is 197 Å². The molecule has 2 aliphatic rings. The third-order valence-electron chi connectivity index (χ3n) is 6.09. The average Bonchev–Trinajstić information content (AvgIpc) is 3.41. The number of esters is 2. The van der Waals surface area contributed by atoms with Crippen LogP contribution in [0, 0.1) is 11.8 Å². The van der Waals surface area contributed by atoms with Crippen molar-refractivity contribution in [3.8, 4) is 28.7 Å². The molecule has 4 atom stereocenters. The van der Waals surface area contributed by atoms with Crippen LogP contribution >= 0.6 is 0 Å². The topological polar surface area (TPSA) is 98.8 Å². The van der Waals surface area contributed by atoms with Crippen molar-refractivity contribution in [3.05, 3.63) is 41.5 Å². The van der Waals surface area contributed by atoms with Crippen LogP contribution in [0.4, 0.5) is 0 Å². The first-order valence-electron chi connectivity index (χ1n) is 10.9. The van der Waals surface area contributed by atoms with Gasteiger partial charge >= 0.3 is 11.9 Å². The minimum absolute atomic E-state index is 0.0955. The second-order valence-electron chi connectivity index (χ2n) is 8.19. The number of carbonyl (C=O) groups excluding carboxylic acids is 2.